The number of fused-ring (bicyclic) bond motifs is 1. The van der Waals surface area contributed by atoms with Crippen LogP contribution in [0.5, 0.6) is 0 Å². The first-order valence-electron chi connectivity index (χ1n) is 6.19. The smallest absolute Gasteiger partial charge is 0.227 e. The second-order valence-electron chi connectivity index (χ2n) is 4.89. The number of oxazole rings is 1. The fraction of sp³-hybridized carbons (Fsp3) is 0.188. The summed E-state index contributed by atoms with van der Waals surface area (Å²) in [6.07, 6.45) is 0. The maximum atomic E-state index is 6.04. The van der Waals surface area contributed by atoms with Gasteiger partial charge in [-0.05, 0) is 67.8 Å². The summed E-state index contributed by atoms with van der Waals surface area (Å²) in [7, 11) is 0. The first-order valence-corrected chi connectivity index (χ1v) is 6.57. The van der Waals surface area contributed by atoms with Gasteiger partial charge in [0.15, 0.2) is 5.58 Å². The fourth-order valence-electron chi connectivity index (χ4n) is 2.08. The standard InChI is InChI=1S/C16H14ClNO/c1-9-7-14-15(8-10(9)2)19-16(18-14)12-4-5-13(17)11(3)6-12/h4-8H,1-3H3. The highest BCUT2D eigenvalue weighted by Crippen LogP contribution is 2.28. The van der Waals surface area contributed by atoms with Crippen LogP contribution < -0.4 is 0 Å². The number of hydrogen-bond acceptors (Lipinski definition) is 2. The van der Waals surface area contributed by atoms with Gasteiger partial charge < -0.3 is 4.42 Å². The Balaban J connectivity index is 2.17. The van der Waals surface area contributed by atoms with E-state index in [0.717, 1.165) is 27.2 Å². The average Bonchev–Trinajstić information content (AvgIpc) is 2.76. The third-order valence-electron chi connectivity index (χ3n) is 3.41. The molecule has 2 aromatic carbocycles. The number of nitrogens with zero attached hydrogens (tertiary/aromatic N) is 1. The zero-order valence-electron chi connectivity index (χ0n) is 11.1. The van der Waals surface area contributed by atoms with Crippen LogP contribution in [-0.4, -0.2) is 4.98 Å². The van der Waals surface area contributed by atoms with Crippen LogP contribution in [0.2, 0.25) is 5.02 Å². The number of rotatable bonds is 1. The van der Waals surface area contributed by atoms with Crippen LogP contribution in [0.15, 0.2) is 34.7 Å². The summed E-state index contributed by atoms with van der Waals surface area (Å²) in [6, 6.07) is 9.88. The van der Waals surface area contributed by atoms with Gasteiger partial charge in [0.05, 0.1) is 0 Å². The minimum Gasteiger partial charge on any atom is -0.436 e. The van der Waals surface area contributed by atoms with Gasteiger partial charge >= 0.3 is 0 Å². The maximum absolute atomic E-state index is 6.04. The van der Waals surface area contributed by atoms with E-state index >= 15 is 0 Å². The largest absolute Gasteiger partial charge is 0.436 e. The second kappa shape index (κ2) is 4.39. The van der Waals surface area contributed by atoms with Gasteiger partial charge in [-0.1, -0.05) is 11.6 Å². The summed E-state index contributed by atoms with van der Waals surface area (Å²) >= 11 is 6.04. The Morgan fingerprint density at radius 1 is 0.947 bits per heavy atom. The molecule has 0 spiro atoms. The molecule has 1 aromatic heterocycles. The Bertz CT molecular complexity index is 735. The Morgan fingerprint density at radius 2 is 1.68 bits per heavy atom. The molecule has 0 aliphatic carbocycles. The lowest BCUT2D eigenvalue weighted by Crippen LogP contribution is -1.81. The van der Waals surface area contributed by atoms with Crippen molar-refractivity contribution in [2.45, 2.75) is 20.8 Å². The van der Waals surface area contributed by atoms with E-state index in [9.17, 15) is 0 Å². The third kappa shape index (κ3) is 2.13. The number of hydrogen-bond donors (Lipinski definition) is 0. The van der Waals surface area contributed by atoms with Gasteiger partial charge in [0.25, 0.3) is 0 Å². The molecule has 0 bridgehead atoms. The van der Waals surface area contributed by atoms with Gasteiger partial charge in [0, 0.05) is 10.6 Å². The van der Waals surface area contributed by atoms with Gasteiger partial charge in [-0.25, -0.2) is 4.98 Å². The van der Waals surface area contributed by atoms with Crippen LogP contribution >= 0.6 is 11.6 Å². The Morgan fingerprint density at radius 3 is 2.42 bits per heavy atom. The third-order valence-corrected chi connectivity index (χ3v) is 3.83. The molecule has 1 heterocycles. The van der Waals surface area contributed by atoms with Crippen molar-refractivity contribution in [1.82, 2.24) is 4.98 Å². The lowest BCUT2D eigenvalue weighted by molar-refractivity contribution is 0.619. The highest BCUT2D eigenvalue weighted by molar-refractivity contribution is 6.31. The summed E-state index contributed by atoms with van der Waals surface area (Å²) < 4.78 is 5.83. The molecule has 0 aliphatic rings. The number of benzene rings is 2. The molecule has 0 fully saturated rings. The predicted octanol–water partition coefficient (Wildman–Crippen LogP) is 5.07. The monoisotopic (exact) mass is 271 g/mol. The van der Waals surface area contributed by atoms with Gasteiger partial charge in [0.1, 0.15) is 5.52 Å². The van der Waals surface area contributed by atoms with Crippen molar-refractivity contribution in [3.05, 3.63) is 52.0 Å². The van der Waals surface area contributed by atoms with Crippen LogP contribution in [0.1, 0.15) is 16.7 Å². The molecule has 0 radical (unpaired) electrons. The van der Waals surface area contributed by atoms with Gasteiger partial charge in [-0.15, -0.1) is 0 Å². The van der Waals surface area contributed by atoms with Crippen molar-refractivity contribution in [2.24, 2.45) is 0 Å². The zero-order chi connectivity index (χ0) is 13.6. The molecule has 0 atom stereocenters. The SMILES string of the molecule is Cc1cc2nc(-c3ccc(Cl)c(C)c3)oc2cc1C. The van der Waals surface area contributed by atoms with Gasteiger partial charge in [0.2, 0.25) is 5.89 Å². The average molecular weight is 272 g/mol. The molecule has 0 aliphatic heterocycles. The van der Waals surface area contributed by atoms with Crippen molar-refractivity contribution in [3.63, 3.8) is 0 Å². The minimum absolute atomic E-state index is 0.639. The Kier molecular flexibility index (Phi) is 2.83. The Labute approximate surface area is 117 Å². The van der Waals surface area contributed by atoms with E-state index in [4.69, 9.17) is 16.0 Å². The van der Waals surface area contributed by atoms with E-state index in [1.54, 1.807) is 0 Å². The summed E-state index contributed by atoms with van der Waals surface area (Å²) in [5.74, 6) is 0.639. The molecule has 2 nitrogen and oxygen atoms in total. The quantitative estimate of drug-likeness (QED) is 0.617. The van der Waals surface area contributed by atoms with Crippen molar-refractivity contribution >= 4 is 22.7 Å². The van der Waals surface area contributed by atoms with E-state index in [1.165, 1.54) is 11.1 Å². The fourth-order valence-corrected chi connectivity index (χ4v) is 2.20. The lowest BCUT2D eigenvalue weighted by atomic mass is 10.1. The number of halogens is 1. The van der Waals surface area contributed by atoms with Gasteiger partial charge in [-0.2, -0.15) is 0 Å². The summed E-state index contributed by atoms with van der Waals surface area (Å²) in [5, 5.41) is 0.756. The van der Waals surface area contributed by atoms with Crippen molar-refractivity contribution in [1.29, 1.82) is 0 Å². The van der Waals surface area contributed by atoms with E-state index in [0.29, 0.717) is 5.89 Å². The summed E-state index contributed by atoms with van der Waals surface area (Å²) in [5.41, 5.74) is 6.13. The molecule has 0 amide bonds. The van der Waals surface area contributed by atoms with E-state index in [2.05, 4.69) is 24.9 Å². The van der Waals surface area contributed by atoms with Crippen LogP contribution in [0.25, 0.3) is 22.6 Å². The molecular weight excluding hydrogens is 258 g/mol. The zero-order valence-corrected chi connectivity index (χ0v) is 11.9. The van der Waals surface area contributed by atoms with Crippen molar-refractivity contribution in [2.75, 3.05) is 0 Å². The van der Waals surface area contributed by atoms with Crippen LogP contribution in [0, 0.1) is 20.8 Å². The summed E-state index contributed by atoms with van der Waals surface area (Å²) in [6.45, 7) is 6.13. The molecular formula is C16H14ClNO. The van der Waals surface area contributed by atoms with Crippen LogP contribution in [-0.2, 0) is 0 Å². The van der Waals surface area contributed by atoms with Gasteiger partial charge in [-0.3, -0.25) is 0 Å². The normalized spacial score (nSPS) is 11.2. The topological polar surface area (TPSA) is 26.0 Å². The minimum atomic E-state index is 0.639. The van der Waals surface area contributed by atoms with Crippen LogP contribution in [0.4, 0.5) is 0 Å². The molecule has 0 saturated carbocycles. The van der Waals surface area contributed by atoms with Crippen molar-refractivity contribution < 1.29 is 4.42 Å². The molecule has 0 saturated heterocycles. The molecule has 0 unspecified atom stereocenters. The Hall–Kier alpha value is -1.80. The molecule has 19 heavy (non-hydrogen) atoms. The molecule has 96 valence electrons. The highest BCUT2D eigenvalue weighted by atomic mass is 35.5. The highest BCUT2D eigenvalue weighted by Gasteiger charge is 2.10. The molecule has 3 rings (SSSR count). The van der Waals surface area contributed by atoms with Crippen molar-refractivity contribution in [3.8, 4) is 11.5 Å². The predicted molar refractivity (Wildman–Crippen MR) is 78.7 cm³/mol. The first-order chi connectivity index (χ1) is 9.04. The van der Waals surface area contributed by atoms with E-state index < -0.39 is 0 Å². The second-order valence-corrected chi connectivity index (χ2v) is 5.29. The number of aromatic nitrogens is 1. The first kappa shape index (κ1) is 12.2. The molecule has 3 aromatic rings. The molecule has 3 heteroatoms. The lowest BCUT2D eigenvalue weighted by Gasteiger charge is -1.99. The maximum Gasteiger partial charge on any atom is 0.227 e. The van der Waals surface area contributed by atoms with E-state index in [-0.39, 0.29) is 0 Å². The summed E-state index contributed by atoms with van der Waals surface area (Å²) in [4.78, 5) is 4.55. The number of aryl methyl sites for hydroxylation is 3. The van der Waals surface area contributed by atoms with Crippen LogP contribution in [0.3, 0.4) is 0 Å². The molecule has 0 N–H and O–H groups in total. The van der Waals surface area contributed by atoms with E-state index in [1.807, 2.05) is 31.2 Å².